The molecule has 2 N–H and O–H groups in total. The molecule has 4 heteroatoms. The van der Waals surface area contributed by atoms with Gasteiger partial charge in [0.15, 0.2) is 0 Å². The Morgan fingerprint density at radius 1 is 1.33 bits per heavy atom. The lowest BCUT2D eigenvalue weighted by molar-refractivity contribution is 0.0795. The number of benzene rings is 1. The largest absolute Gasteiger partial charge is 0.389 e. The summed E-state index contributed by atoms with van der Waals surface area (Å²) in [5, 5.41) is 13.7. The van der Waals surface area contributed by atoms with Gasteiger partial charge >= 0.3 is 0 Å². The topological polar surface area (TPSA) is 32.3 Å². The zero-order chi connectivity index (χ0) is 11.5. The summed E-state index contributed by atoms with van der Waals surface area (Å²) >= 11 is 11.9. The van der Waals surface area contributed by atoms with Crippen LogP contribution in [0.1, 0.15) is 19.4 Å². The molecule has 2 nitrogen and oxygen atoms in total. The Labute approximate surface area is 100 Å². The number of rotatable bonds is 4. The van der Waals surface area contributed by atoms with Crippen molar-refractivity contribution in [2.24, 2.45) is 0 Å². The first-order chi connectivity index (χ1) is 6.90. The predicted octanol–water partition coefficient (Wildman–Crippen LogP) is 2.85. The van der Waals surface area contributed by atoms with Gasteiger partial charge in [-0.1, -0.05) is 35.3 Å². The van der Waals surface area contributed by atoms with Crippen LogP contribution in [0.15, 0.2) is 18.2 Å². The molecule has 0 amide bonds. The smallest absolute Gasteiger partial charge is 0.0715 e. The van der Waals surface area contributed by atoms with Crippen LogP contribution in [0.5, 0.6) is 0 Å². The minimum atomic E-state index is -0.717. The predicted molar refractivity (Wildman–Crippen MR) is 64.5 cm³/mol. The van der Waals surface area contributed by atoms with E-state index in [2.05, 4.69) is 5.32 Å². The van der Waals surface area contributed by atoms with Gasteiger partial charge in [0.1, 0.15) is 0 Å². The van der Waals surface area contributed by atoms with Crippen LogP contribution >= 0.6 is 23.2 Å². The van der Waals surface area contributed by atoms with E-state index in [0.717, 1.165) is 5.56 Å². The average molecular weight is 248 g/mol. The molecule has 0 aliphatic rings. The highest BCUT2D eigenvalue weighted by Gasteiger charge is 2.11. The maximum atomic E-state index is 9.50. The molecule has 0 bridgehead atoms. The monoisotopic (exact) mass is 247 g/mol. The van der Waals surface area contributed by atoms with Gasteiger partial charge < -0.3 is 10.4 Å². The zero-order valence-corrected chi connectivity index (χ0v) is 10.4. The number of hydrogen-bond donors (Lipinski definition) is 2. The van der Waals surface area contributed by atoms with Gasteiger partial charge in [0.05, 0.1) is 15.6 Å². The number of halogens is 2. The lowest BCUT2D eigenvalue weighted by Gasteiger charge is -2.18. The standard InChI is InChI=1S/C11H15Cl2NO/c1-11(2,15)7-14-6-8-4-3-5-9(12)10(8)13/h3-5,14-15H,6-7H2,1-2H3. The van der Waals surface area contributed by atoms with E-state index in [1.807, 2.05) is 12.1 Å². The van der Waals surface area contributed by atoms with Crippen molar-refractivity contribution in [1.29, 1.82) is 0 Å². The van der Waals surface area contributed by atoms with Crippen molar-refractivity contribution in [3.63, 3.8) is 0 Å². The van der Waals surface area contributed by atoms with Crippen molar-refractivity contribution in [1.82, 2.24) is 5.32 Å². The molecule has 0 radical (unpaired) electrons. The Kier molecular flexibility index (Phi) is 4.41. The van der Waals surface area contributed by atoms with Crippen LogP contribution in [-0.2, 0) is 6.54 Å². The van der Waals surface area contributed by atoms with E-state index >= 15 is 0 Å². The third kappa shape index (κ3) is 4.39. The zero-order valence-electron chi connectivity index (χ0n) is 8.85. The first kappa shape index (κ1) is 12.8. The second-order valence-corrected chi connectivity index (χ2v) is 4.91. The van der Waals surface area contributed by atoms with E-state index in [0.29, 0.717) is 23.1 Å². The second-order valence-electron chi connectivity index (χ2n) is 4.13. The fraction of sp³-hybridized carbons (Fsp3) is 0.455. The molecule has 0 aliphatic carbocycles. The highest BCUT2D eigenvalue weighted by molar-refractivity contribution is 6.42. The van der Waals surface area contributed by atoms with Gasteiger partial charge in [-0.25, -0.2) is 0 Å². The Bertz CT molecular complexity index is 334. The summed E-state index contributed by atoms with van der Waals surface area (Å²) in [6, 6.07) is 5.52. The molecule has 15 heavy (non-hydrogen) atoms. The Morgan fingerprint density at radius 2 is 2.00 bits per heavy atom. The summed E-state index contributed by atoms with van der Waals surface area (Å²) in [6.07, 6.45) is 0. The molecule has 0 unspecified atom stereocenters. The average Bonchev–Trinajstić information content (AvgIpc) is 2.10. The van der Waals surface area contributed by atoms with Crippen LogP contribution in [0.3, 0.4) is 0 Å². The number of aliphatic hydroxyl groups is 1. The summed E-state index contributed by atoms with van der Waals surface area (Å²) < 4.78 is 0. The minimum Gasteiger partial charge on any atom is -0.389 e. The molecule has 84 valence electrons. The van der Waals surface area contributed by atoms with Crippen molar-refractivity contribution in [3.8, 4) is 0 Å². The minimum absolute atomic E-state index is 0.510. The summed E-state index contributed by atoms with van der Waals surface area (Å²) in [5.41, 5.74) is 0.221. The molecule has 1 aromatic carbocycles. The fourth-order valence-electron chi connectivity index (χ4n) is 1.19. The Hall–Kier alpha value is -0.280. The highest BCUT2D eigenvalue weighted by atomic mass is 35.5. The molecule has 0 heterocycles. The molecule has 0 saturated heterocycles. The van der Waals surface area contributed by atoms with Crippen molar-refractivity contribution < 1.29 is 5.11 Å². The Morgan fingerprint density at radius 3 is 2.60 bits per heavy atom. The SMILES string of the molecule is CC(C)(O)CNCc1cccc(Cl)c1Cl. The van der Waals surface area contributed by atoms with Gasteiger partial charge in [-0.3, -0.25) is 0 Å². The molecule has 0 aromatic heterocycles. The van der Waals surface area contributed by atoms with E-state index in [1.54, 1.807) is 19.9 Å². The van der Waals surface area contributed by atoms with Crippen molar-refractivity contribution in [2.75, 3.05) is 6.54 Å². The Balaban J connectivity index is 2.55. The molecule has 0 atom stereocenters. The van der Waals surface area contributed by atoms with Gasteiger partial charge in [0, 0.05) is 13.1 Å². The molecule has 1 rings (SSSR count). The van der Waals surface area contributed by atoms with Crippen molar-refractivity contribution >= 4 is 23.2 Å². The first-order valence-corrected chi connectivity index (χ1v) is 5.52. The van der Waals surface area contributed by atoms with Crippen molar-refractivity contribution in [3.05, 3.63) is 33.8 Å². The molecule has 0 fully saturated rings. The quantitative estimate of drug-likeness (QED) is 0.858. The van der Waals surface area contributed by atoms with E-state index in [-0.39, 0.29) is 0 Å². The van der Waals surface area contributed by atoms with Crippen LogP contribution in [0.25, 0.3) is 0 Å². The third-order valence-corrected chi connectivity index (χ3v) is 2.76. The molecule has 0 saturated carbocycles. The van der Waals surface area contributed by atoms with Gasteiger partial charge in [-0.15, -0.1) is 0 Å². The van der Waals surface area contributed by atoms with Crippen LogP contribution in [-0.4, -0.2) is 17.3 Å². The maximum absolute atomic E-state index is 9.50. The second kappa shape index (κ2) is 5.17. The van der Waals surface area contributed by atoms with Gasteiger partial charge in [-0.2, -0.15) is 0 Å². The molecule has 1 aromatic rings. The maximum Gasteiger partial charge on any atom is 0.0715 e. The lowest BCUT2D eigenvalue weighted by Crippen LogP contribution is -2.34. The van der Waals surface area contributed by atoms with Crippen LogP contribution in [0.2, 0.25) is 10.0 Å². The van der Waals surface area contributed by atoms with E-state index in [4.69, 9.17) is 23.2 Å². The molecular weight excluding hydrogens is 233 g/mol. The van der Waals surface area contributed by atoms with Crippen LogP contribution in [0, 0.1) is 0 Å². The normalized spacial score (nSPS) is 11.8. The van der Waals surface area contributed by atoms with Crippen LogP contribution in [0.4, 0.5) is 0 Å². The van der Waals surface area contributed by atoms with Gasteiger partial charge in [-0.05, 0) is 25.5 Å². The first-order valence-electron chi connectivity index (χ1n) is 4.76. The van der Waals surface area contributed by atoms with E-state index in [1.165, 1.54) is 0 Å². The number of hydrogen-bond acceptors (Lipinski definition) is 2. The van der Waals surface area contributed by atoms with Crippen LogP contribution < -0.4 is 5.32 Å². The molecule has 0 spiro atoms. The summed E-state index contributed by atoms with van der Waals surface area (Å²) in [5.74, 6) is 0. The van der Waals surface area contributed by atoms with E-state index in [9.17, 15) is 5.11 Å². The fourth-order valence-corrected chi connectivity index (χ4v) is 1.57. The molecule has 0 aliphatic heterocycles. The van der Waals surface area contributed by atoms with Gasteiger partial charge in [0.2, 0.25) is 0 Å². The number of nitrogens with one attached hydrogen (secondary N) is 1. The van der Waals surface area contributed by atoms with E-state index < -0.39 is 5.60 Å². The summed E-state index contributed by atoms with van der Waals surface area (Å²) in [4.78, 5) is 0. The summed E-state index contributed by atoms with van der Waals surface area (Å²) in [6.45, 7) is 4.61. The van der Waals surface area contributed by atoms with Gasteiger partial charge in [0.25, 0.3) is 0 Å². The van der Waals surface area contributed by atoms with Crippen molar-refractivity contribution in [2.45, 2.75) is 26.0 Å². The highest BCUT2D eigenvalue weighted by Crippen LogP contribution is 2.25. The summed E-state index contributed by atoms with van der Waals surface area (Å²) in [7, 11) is 0. The lowest BCUT2D eigenvalue weighted by atomic mass is 10.1. The molecular formula is C11H15Cl2NO. The third-order valence-electron chi connectivity index (χ3n) is 1.90.